The first kappa shape index (κ1) is 21.1. The van der Waals surface area contributed by atoms with Gasteiger partial charge < -0.3 is 10.3 Å². The van der Waals surface area contributed by atoms with Crippen LogP contribution in [-0.4, -0.2) is 41.7 Å². The zero-order chi connectivity index (χ0) is 23.8. The van der Waals surface area contributed by atoms with E-state index in [4.69, 9.17) is 9.97 Å². The molecule has 5 aromatic heterocycles. The van der Waals surface area contributed by atoms with Crippen LogP contribution >= 0.6 is 0 Å². The summed E-state index contributed by atoms with van der Waals surface area (Å²) in [6.07, 6.45) is 5.29. The Labute approximate surface area is 199 Å². The maximum absolute atomic E-state index is 14.5. The largest absolute Gasteiger partial charge is 0.321 e. The molecule has 6 aromatic rings. The van der Waals surface area contributed by atoms with Crippen molar-refractivity contribution in [2.75, 3.05) is 6.54 Å². The Kier molecular flexibility index (Phi) is 5.23. The highest BCUT2D eigenvalue weighted by Crippen LogP contribution is 2.32. The predicted octanol–water partition coefficient (Wildman–Crippen LogP) is 4.87. The van der Waals surface area contributed by atoms with Crippen molar-refractivity contribution < 1.29 is 4.39 Å². The molecule has 8 nitrogen and oxygen atoms in total. The Bertz CT molecular complexity index is 1670. The van der Waals surface area contributed by atoms with E-state index < -0.39 is 0 Å². The minimum absolute atomic E-state index is 0.314. The van der Waals surface area contributed by atoms with Gasteiger partial charge in [0.2, 0.25) is 0 Å². The van der Waals surface area contributed by atoms with Gasteiger partial charge in [0, 0.05) is 41.8 Å². The van der Waals surface area contributed by atoms with Crippen molar-refractivity contribution in [3.8, 4) is 33.9 Å². The van der Waals surface area contributed by atoms with Crippen LogP contribution in [0.3, 0.4) is 0 Å². The van der Waals surface area contributed by atoms with Crippen LogP contribution in [0.4, 0.5) is 4.39 Å². The molecular weight excluding hydrogens is 443 g/mol. The normalized spacial score (nSPS) is 11.5. The minimum atomic E-state index is -0.314. The van der Waals surface area contributed by atoms with E-state index in [1.807, 2.05) is 18.3 Å². The molecule has 0 aliphatic rings. The minimum Gasteiger partial charge on any atom is -0.321 e. The predicted molar refractivity (Wildman–Crippen MR) is 133 cm³/mol. The Morgan fingerprint density at radius 2 is 1.89 bits per heavy atom. The Morgan fingerprint density at radius 3 is 2.77 bits per heavy atom. The Hall–Kier alpha value is -4.50. The number of hydrogen-bond acceptors (Lipinski definition) is 6. The lowest BCUT2D eigenvalue weighted by Crippen LogP contribution is -2.11. The van der Waals surface area contributed by atoms with Gasteiger partial charge in [0.25, 0.3) is 0 Å². The molecule has 172 valence electrons. The van der Waals surface area contributed by atoms with E-state index in [1.165, 1.54) is 6.07 Å². The first-order valence-corrected chi connectivity index (χ1v) is 11.3. The monoisotopic (exact) mass is 464 g/mol. The molecule has 0 bridgehead atoms. The van der Waals surface area contributed by atoms with Crippen LogP contribution in [0.15, 0.2) is 67.1 Å². The topological polar surface area (TPSA) is 108 Å². The summed E-state index contributed by atoms with van der Waals surface area (Å²) in [5.74, 6) is 0.192. The SMILES string of the molecule is CCNCc1cncc(-c2ccc3[nH]nc(-c4nc5c(-c6ccccc6F)ccnc5[nH]4)c3n2)c1. The van der Waals surface area contributed by atoms with Crippen molar-refractivity contribution in [1.29, 1.82) is 0 Å². The van der Waals surface area contributed by atoms with Crippen LogP contribution in [0.25, 0.3) is 56.1 Å². The summed E-state index contributed by atoms with van der Waals surface area (Å²) in [7, 11) is 0. The van der Waals surface area contributed by atoms with Crippen molar-refractivity contribution in [2.45, 2.75) is 13.5 Å². The number of aromatic amines is 2. The van der Waals surface area contributed by atoms with Crippen molar-refractivity contribution in [3.63, 3.8) is 0 Å². The summed E-state index contributed by atoms with van der Waals surface area (Å²) in [5.41, 5.74) is 7.06. The number of benzene rings is 1. The number of hydrogen-bond donors (Lipinski definition) is 3. The second-order valence-electron chi connectivity index (χ2n) is 8.15. The maximum Gasteiger partial charge on any atom is 0.162 e. The molecule has 0 spiro atoms. The van der Waals surface area contributed by atoms with Crippen molar-refractivity contribution in [3.05, 3.63) is 78.5 Å². The van der Waals surface area contributed by atoms with Gasteiger partial charge in [0.05, 0.1) is 11.2 Å². The molecule has 9 heteroatoms. The molecule has 0 atom stereocenters. The fourth-order valence-corrected chi connectivity index (χ4v) is 4.14. The first-order chi connectivity index (χ1) is 17.2. The Morgan fingerprint density at radius 1 is 0.971 bits per heavy atom. The summed E-state index contributed by atoms with van der Waals surface area (Å²) < 4.78 is 14.5. The van der Waals surface area contributed by atoms with Crippen LogP contribution in [0, 0.1) is 5.82 Å². The first-order valence-electron chi connectivity index (χ1n) is 11.3. The van der Waals surface area contributed by atoms with Gasteiger partial charge in [-0.3, -0.25) is 10.1 Å². The van der Waals surface area contributed by atoms with Gasteiger partial charge in [0.15, 0.2) is 17.2 Å². The number of halogens is 1. The summed E-state index contributed by atoms with van der Waals surface area (Å²) in [5, 5.41) is 10.8. The molecule has 6 rings (SSSR count). The molecular formula is C26H21FN8. The van der Waals surface area contributed by atoms with Gasteiger partial charge in [-0.2, -0.15) is 5.10 Å². The average Bonchev–Trinajstić information content (AvgIpc) is 3.51. The standard InChI is InChI=1S/C26H21FN8/c1-2-28-12-15-11-16(14-29-13-15)20-7-8-21-23(31-20)24(35-34-21)26-32-22-18(9-10-30-25(22)33-26)17-5-3-4-6-19(17)27/h3-11,13-14,28H,2,12H2,1H3,(H,34,35)(H,30,32,33). The third kappa shape index (κ3) is 3.81. The number of aromatic nitrogens is 7. The number of H-pyrrole nitrogens is 2. The molecule has 3 N–H and O–H groups in total. The van der Waals surface area contributed by atoms with Crippen molar-refractivity contribution >= 4 is 22.2 Å². The zero-order valence-corrected chi connectivity index (χ0v) is 18.9. The summed E-state index contributed by atoms with van der Waals surface area (Å²) >= 11 is 0. The number of nitrogens with one attached hydrogen (secondary N) is 3. The third-order valence-electron chi connectivity index (χ3n) is 5.85. The Balaban J connectivity index is 1.45. The van der Waals surface area contributed by atoms with E-state index in [2.05, 4.69) is 43.5 Å². The van der Waals surface area contributed by atoms with Crippen LogP contribution in [0.1, 0.15) is 12.5 Å². The molecule has 0 unspecified atom stereocenters. The number of pyridine rings is 3. The molecule has 0 aliphatic heterocycles. The number of nitrogens with zero attached hydrogens (tertiary/aromatic N) is 5. The van der Waals surface area contributed by atoms with Gasteiger partial charge in [0.1, 0.15) is 16.9 Å². The highest BCUT2D eigenvalue weighted by molar-refractivity contribution is 5.95. The molecule has 0 saturated carbocycles. The van der Waals surface area contributed by atoms with Gasteiger partial charge in [-0.25, -0.2) is 19.3 Å². The second-order valence-corrected chi connectivity index (χ2v) is 8.15. The molecule has 0 saturated heterocycles. The van der Waals surface area contributed by atoms with Gasteiger partial charge >= 0.3 is 0 Å². The molecule has 35 heavy (non-hydrogen) atoms. The van der Waals surface area contributed by atoms with E-state index in [0.29, 0.717) is 39.3 Å². The van der Waals surface area contributed by atoms with E-state index in [9.17, 15) is 4.39 Å². The van der Waals surface area contributed by atoms with E-state index in [1.54, 1.807) is 36.7 Å². The summed E-state index contributed by atoms with van der Waals surface area (Å²) in [4.78, 5) is 21.6. The number of fused-ring (bicyclic) bond motifs is 2. The van der Waals surface area contributed by atoms with E-state index in [-0.39, 0.29) is 5.82 Å². The highest BCUT2D eigenvalue weighted by Gasteiger charge is 2.18. The third-order valence-corrected chi connectivity index (χ3v) is 5.85. The lowest BCUT2D eigenvalue weighted by Gasteiger charge is -2.05. The molecule has 0 amide bonds. The molecule has 5 heterocycles. The smallest absolute Gasteiger partial charge is 0.162 e. The quantitative estimate of drug-likeness (QED) is 0.324. The maximum atomic E-state index is 14.5. The fraction of sp³-hybridized carbons (Fsp3) is 0.115. The summed E-state index contributed by atoms with van der Waals surface area (Å²) in [6.45, 7) is 3.70. The van der Waals surface area contributed by atoms with Gasteiger partial charge in [-0.1, -0.05) is 25.1 Å². The fourth-order valence-electron chi connectivity index (χ4n) is 4.14. The van der Waals surface area contributed by atoms with Gasteiger partial charge in [-0.15, -0.1) is 0 Å². The van der Waals surface area contributed by atoms with E-state index >= 15 is 0 Å². The molecule has 1 aromatic carbocycles. The van der Waals surface area contributed by atoms with Gasteiger partial charge in [-0.05, 0) is 42.4 Å². The lowest BCUT2D eigenvalue weighted by atomic mass is 10.1. The lowest BCUT2D eigenvalue weighted by molar-refractivity contribution is 0.631. The van der Waals surface area contributed by atoms with Crippen LogP contribution in [-0.2, 0) is 6.54 Å². The molecule has 0 aliphatic carbocycles. The van der Waals surface area contributed by atoms with Crippen LogP contribution in [0.5, 0.6) is 0 Å². The van der Waals surface area contributed by atoms with Crippen molar-refractivity contribution in [1.82, 2.24) is 40.4 Å². The highest BCUT2D eigenvalue weighted by atomic mass is 19.1. The van der Waals surface area contributed by atoms with Crippen LogP contribution in [0.2, 0.25) is 0 Å². The van der Waals surface area contributed by atoms with Crippen molar-refractivity contribution in [2.24, 2.45) is 0 Å². The molecule has 0 radical (unpaired) electrons. The zero-order valence-electron chi connectivity index (χ0n) is 18.9. The summed E-state index contributed by atoms with van der Waals surface area (Å²) in [6, 6.07) is 14.3. The average molecular weight is 465 g/mol. The molecule has 0 fully saturated rings. The number of imidazole rings is 1. The number of rotatable bonds is 6. The van der Waals surface area contributed by atoms with Crippen LogP contribution < -0.4 is 5.32 Å². The second kappa shape index (κ2) is 8.69. The van der Waals surface area contributed by atoms with E-state index in [0.717, 1.165) is 35.4 Å².